The molecule has 0 amide bonds. The van der Waals surface area contributed by atoms with E-state index in [1.54, 1.807) is 11.6 Å². The molecule has 3 rings (SSSR count). The third kappa shape index (κ3) is 2.85. The van der Waals surface area contributed by atoms with E-state index in [4.69, 9.17) is 9.47 Å². The van der Waals surface area contributed by atoms with Gasteiger partial charge in [-0.15, -0.1) is 0 Å². The average molecular weight is 341 g/mol. The van der Waals surface area contributed by atoms with Crippen molar-refractivity contribution in [2.45, 2.75) is 20.1 Å². The van der Waals surface area contributed by atoms with Gasteiger partial charge in [-0.3, -0.25) is 9.59 Å². The van der Waals surface area contributed by atoms with Crippen LogP contribution in [0.5, 0.6) is 5.75 Å². The molecule has 0 fully saturated rings. The van der Waals surface area contributed by atoms with E-state index in [-0.39, 0.29) is 41.8 Å². The maximum atomic E-state index is 12.7. The van der Waals surface area contributed by atoms with Gasteiger partial charge in [0.15, 0.2) is 5.76 Å². The first-order valence-electron chi connectivity index (χ1n) is 7.83. The minimum atomic E-state index is -0.380. The molecule has 0 spiro atoms. The van der Waals surface area contributed by atoms with Gasteiger partial charge in [-0.05, 0) is 19.1 Å². The number of ether oxygens (including phenoxy) is 2. The van der Waals surface area contributed by atoms with E-state index in [2.05, 4.69) is 0 Å². The molecule has 130 valence electrons. The summed E-state index contributed by atoms with van der Waals surface area (Å²) in [5.41, 5.74) is 2.57. The third-order valence-electron chi connectivity index (χ3n) is 4.35. The Labute approximate surface area is 145 Å². The number of hydrogen-bond acceptors (Lipinski definition) is 5. The molecule has 1 heterocycles. The van der Waals surface area contributed by atoms with Crippen LogP contribution >= 0.6 is 0 Å². The number of nitrogens with zero attached hydrogens (tertiary/aromatic N) is 1. The number of allylic oxidation sites excluding steroid dienone is 2. The van der Waals surface area contributed by atoms with Crippen molar-refractivity contribution in [3.8, 4) is 5.75 Å². The van der Waals surface area contributed by atoms with Crippen molar-refractivity contribution in [2.75, 3.05) is 7.11 Å². The number of methoxy groups -OCH3 is 1. The number of aryl methyl sites for hydroxylation is 1. The molecule has 1 aliphatic carbocycles. The lowest BCUT2D eigenvalue weighted by Gasteiger charge is -2.13. The van der Waals surface area contributed by atoms with Crippen molar-refractivity contribution < 1.29 is 24.2 Å². The van der Waals surface area contributed by atoms with Crippen molar-refractivity contribution >= 4 is 11.6 Å². The van der Waals surface area contributed by atoms with E-state index in [0.29, 0.717) is 17.0 Å². The summed E-state index contributed by atoms with van der Waals surface area (Å²) < 4.78 is 12.3. The van der Waals surface area contributed by atoms with Crippen LogP contribution in [-0.4, -0.2) is 28.3 Å². The molecule has 1 aliphatic rings. The summed E-state index contributed by atoms with van der Waals surface area (Å²) in [4.78, 5) is 25.0. The second-order valence-electron chi connectivity index (χ2n) is 5.87. The Morgan fingerprint density at radius 3 is 2.44 bits per heavy atom. The summed E-state index contributed by atoms with van der Waals surface area (Å²) in [5, 5.41) is 9.73. The molecule has 25 heavy (non-hydrogen) atoms. The number of carbonyl (C=O) groups is 2. The predicted octanol–water partition coefficient (Wildman–Crippen LogP) is 2.31. The number of carbonyl (C=O) groups excluding carboxylic acids is 2. The van der Waals surface area contributed by atoms with Gasteiger partial charge in [-0.25, -0.2) is 0 Å². The van der Waals surface area contributed by atoms with Crippen molar-refractivity contribution in [3.05, 3.63) is 64.2 Å². The Bertz CT molecular complexity index is 874. The number of Topliss-reactive ketones (excluding diaryl/α,β-unsaturated/α-hetero) is 1. The van der Waals surface area contributed by atoms with Gasteiger partial charge >= 0.3 is 0 Å². The highest BCUT2D eigenvalue weighted by Gasteiger charge is 2.35. The van der Waals surface area contributed by atoms with Crippen LogP contribution in [0.25, 0.3) is 0 Å². The maximum Gasteiger partial charge on any atom is 0.230 e. The molecule has 1 N–H and O–H groups in total. The average Bonchev–Trinajstić information content (AvgIpc) is 2.90. The largest absolute Gasteiger partial charge is 0.492 e. The Hall–Kier alpha value is -2.86. The fourth-order valence-corrected chi connectivity index (χ4v) is 3.00. The van der Waals surface area contributed by atoms with Crippen LogP contribution in [0.3, 0.4) is 0 Å². The van der Waals surface area contributed by atoms with E-state index in [1.165, 1.54) is 13.2 Å². The standard InChI is InChI=1S/C19H19NO5/c1-11-4-6-12(7-5-11)25-10-13-14(9-21)20(2)18-15(22)8-16(24-3)19(23)17(13)18/h4-8,21H,9-10H2,1-3H3. The Balaban J connectivity index is 2.02. The van der Waals surface area contributed by atoms with Crippen LogP contribution in [0.15, 0.2) is 36.1 Å². The SMILES string of the molecule is COC1=CC(=O)c2c(c(COc3ccc(C)cc3)c(CO)n2C)C1=O. The van der Waals surface area contributed by atoms with E-state index >= 15 is 0 Å². The Kier molecular flexibility index (Phi) is 4.46. The van der Waals surface area contributed by atoms with Crippen LogP contribution < -0.4 is 4.74 Å². The second-order valence-corrected chi connectivity index (χ2v) is 5.87. The molecule has 0 radical (unpaired) electrons. The second kappa shape index (κ2) is 6.57. The smallest absolute Gasteiger partial charge is 0.230 e. The minimum absolute atomic E-state index is 0.0100. The topological polar surface area (TPSA) is 77.8 Å². The van der Waals surface area contributed by atoms with Crippen molar-refractivity contribution in [1.29, 1.82) is 0 Å². The minimum Gasteiger partial charge on any atom is -0.492 e. The Morgan fingerprint density at radius 2 is 1.84 bits per heavy atom. The van der Waals surface area contributed by atoms with Gasteiger partial charge in [0.25, 0.3) is 0 Å². The van der Waals surface area contributed by atoms with E-state index in [1.807, 2.05) is 31.2 Å². The molecule has 0 saturated heterocycles. The van der Waals surface area contributed by atoms with Gasteiger partial charge in [-0.2, -0.15) is 0 Å². The van der Waals surface area contributed by atoms with E-state index in [0.717, 1.165) is 5.56 Å². The monoisotopic (exact) mass is 341 g/mol. The molecular weight excluding hydrogens is 322 g/mol. The molecule has 0 aliphatic heterocycles. The number of ketones is 2. The lowest BCUT2D eigenvalue weighted by molar-refractivity contribution is 0.0912. The number of aliphatic hydroxyl groups is 1. The molecule has 0 unspecified atom stereocenters. The summed E-state index contributed by atoms with van der Waals surface area (Å²) >= 11 is 0. The summed E-state index contributed by atoms with van der Waals surface area (Å²) in [6, 6.07) is 7.50. The molecule has 1 aromatic heterocycles. The maximum absolute atomic E-state index is 12.7. The highest BCUT2D eigenvalue weighted by atomic mass is 16.5. The first-order valence-corrected chi connectivity index (χ1v) is 7.83. The predicted molar refractivity (Wildman–Crippen MR) is 90.6 cm³/mol. The molecule has 2 aromatic rings. The highest BCUT2D eigenvalue weighted by Crippen LogP contribution is 2.31. The van der Waals surface area contributed by atoms with E-state index < -0.39 is 0 Å². The number of hydrogen-bond donors (Lipinski definition) is 1. The van der Waals surface area contributed by atoms with Crippen molar-refractivity contribution in [2.24, 2.45) is 7.05 Å². The van der Waals surface area contributed by atoms with Gasteiger partial charge in [0.05, 0.1) is 25.0 Å². The summed E-state index contributed by atoms with van der Waals surface area (Å²) in [6.45, 7) is 1.74. The summed E-state index contributed by atoms with van der Waals surface area (Å²) in [6.07, 6.45) is 1.18. The Morgan fingerprint density at radius 1 is 1.16 bits per heavy atom. The molecule has 0 saturated carbocycles. The van der Waals surface area contributed by atoms with Gasteiger partial charge in [-0.1, -0.05) is 17.7 Å². The molecular formula is C19H19NO5. The number of rotatable bonds is 5. The zero-order valence-electron chi connectivity index (χ0n) is 14.3. The number of aliphatic hydroxyl groups excluding tert-OH is 1. The fourth-order valence-electron chi connectivity index (χ4n) is 3.00. The van der Waals surface area contributed by atoms with Gasteiger partial charge in [0.1, 0.15) is 18.1 Å². The summed E-state index contributed by atoms with van der Waals surface area (Å²) in [7, 11) is 3.00. The third-order valence-corrected chi connectivity index (χ3v) is 4.35. The molecule has 6 heteroatoms. The van der Waals surface area contributed by atoms with E-state index in [9.17, 15) is 14.7 Å². The first-order chi connectivity index (χ1) is 12.0. The molecule has 0 atom stereocenters. The summed E-state index contributed by atoms with van der Waals surface area (Å²) in [5.74, 6) is -0.0755. The lowest BCUT2D eigenvalue weighted by Crippen LogP contribution is -2.20. The van der Waals surface area contributed by atoms with Gasteiger partial charge in [0, 0.05) is 18.7 Å². The van der Waals surface area contributed by atoms with Crippen molar-refractivity contribution in [1.82, 2.24) is 4.57 Å². The molecule has 0 bridgehead atoms. The quantitative estimate of drug-likeness (QED) is 0.903. The van der Waals surface area contributed by atoms with Crippen LogP contribution in [0.1, 0.15) is 37.7 Å². The van der Waals surface area contributed by atoms with Crippen LogP contribution in [0.2, 0.25) is 0 Å². The number of benzene rings is 1. The van der Waals surface area contributed by atoms with Gasteiger partial charge < -0.3 is 19.1 Å². The molecule has 6 nitrogen and oxygen atoms in total. The zero-order chi connectivity index (χ0) is 18.1. The first kappa shape index (κ1) is 17.0. The zero-order valence-corrected chi connectivity index (χ0v) is 14.3. The lowest BCUT2D eigenvalue weighted by atomic mass is 9.96. The highest BCUT2D eigenvalue weighted by molar-refractivity contribution is 6.24. The van der Waals surface area contributed by atoms with Gasteiger partial charge in [0.2, 0.25) is 11.6 Å². The number of fused-ring (bicyclic) bond motifs is 1. The van der Waals surface area contributed by atoms with Crippen LogP contribution in [0, 0.1) is 6.92 Å². The number of aromatic nitrogens is 1. The fraction of sp³-hybridized carbons (Fsp3) is 0.263. The van der Waals surface area contributed by atoms with Crippen molar-refractivity contribution in [3.63, 3.8) is 0 Å². The van der Waals surface area contributed by atoms with Crippen LogP contribution in [-0.2, 0) is 25.0 Å². The normalized spacial score (nSPS) is 13.5. The molecule has 1 aromatic carbocycles. The van der Waals surface area contributed by atoms with Crippen LogP contribution in [0.4, 0.5) is 0 Å².